The second kappa shape index (κ2) is 7.51. The summed E-state index contributed by atoms with van der Waals surface area (Å²) in [5, 5.41) is 3.45. The van der Waals surface area contributed by atoms with Gasteiger partial charge in [-0.2, -0.15) is 0 Å². The number of benzene rings is 2. The number of aromatic nitrogens is 3. The van der Waals surface area contributed by atoms with Crippen molar-refractivity contribution in [2.75, 3.05) is 5.32 Å². The molecule has 0 aliphatic rings. The Hall–Kier alpha value is -3.68. The number of rotatable bonds is 5. The molecule has 4 rings (SSSR count). The lowest BCUT2D eigenvalue weighted by Gasteiger charge is -2.10. The zero-order chi connectivity index (χ0) is 19.5. The van der Waals surface area contributed by atoms with Gasteiger partial charge in [0.2, 0.25) is 5.88 Å². The van der Waals surface area contributed by atoms with Gasteiger partial charge in [-0.1, -0.05) is 0 Å². The van der Waals surface area contributed by atoms with Crippen molar-refractivity contribution in [2.45, 2.75) is 6.54 Å². The van der Waals surface area contributed by atoms with Crippen LogP contribution < -0.4 is 10.1 Å². The molecule has 2 aromatic heterocycles. The summed E-state index contributed by atoms with van der Waals surface area (Å²) in [7, 11) is 0. The van der Waals surface area contributed by atoms with E-state index in [0.29, 0.717) is 34.9 Å². The highest BCUT2D eigenvalue weighted by Gasteiger charge is 2.10. The van der Waals surface area contributed by atoms with Crippen LogP contribution in [-0.2, 0) is 6.54 Å². The minimum Gasteiger partial charge on any atom is -0.439 e. The fourth-order valence-corrected chi connectivity index (χ4v) is 2.62. The van der Waals surface area contributed by atoms with E-state index in [1.807, 2.05) is 0 Å². The van der Waals surface area contributed by atoms with Gasteiger partial charge in [0.1, 0.15) is 23.7 Å². The number of halogens is 3. The van der Waals surface area contributed by atoms with Crippen molar-refractivity contribution in [2.24, 2.45) is 0 Å². The van der Waals surface area contributed by atoms with Crippen molar-refractivity contribution in [3.05, 3.63) is 84.1 Å². The normalized spacial score (nSPS) is 10.8. The van der Waals surface area contributed by atoms with Gasteiger partial charge in [0.15, 0.2) is 11.6 Å². The summed E-state index contributed by atoms with van der Waals surface area (Å²) in [6.45, 7) is 0.341. The molecule has 140 valence electrons. The second-order valence-corrected chi connectivity index (χ2v) is 5.92. The molecular formula is C20H13F3N4O. The number of pyridine rings is 1. The first kappa shape index (κ1) is 17.7. The Balaban J connectivity index is 1.52. The summed E-state index contributed by atoms with van der Waals surface area (Å²) in [5.41, 5.74) is 1.12. The molecule has 8 heteroatoms. The molecule has 0 amide bonds. The fraction of sp³-hybridized carbons (Fsp3) is 0.0500. The largest absolute Gasteiger partial charge is 0.439 e. The molecule has 0 saturated heterocycles. The number of hydrogen-bond acceptors (Lipinski definition) is 5. The average molecular weight is 382 g/mol. The van der Waals surface area contributed by atoms with Gasteiger partial charge in [0, 0.05) is 30.3 Å². The van der Waals surface area contributed by atoms with Gasteiger partial charge in [-0.3, -0.25) is 0 Å². The van der Waals surface area contributed by atoms with Crippen LogP contribution in [0, 0.1) is 17.5 Å². The predicted molar refractivity (Wildman–Crippen MR) is 97.5 cm³/mol. The van der Waals surface area contributed by atoms with Gasteiger partial charge in [-0.25, -0.2) is 28.1 Å². The monoisotopic (exact) mass is 382 g/mol. The lowest BCUT2D eigenvalue weighted by molar-refractivity contribution is 0.460. The van der Waals surface area contributed by atoms with E-state index >= 15 is 0 Å². The maximum absolute atomic E-state index is 13.6. The predicted octanol–water partition coefficient (Wildman–Crippen LogP) is 4.85. The first-order valence-corrected chi connectivity index (χ1v) is 8.30. The topological polar surface area (TPSA) is 59.9 Å². The van der Waals surface area contributed by atoms with E-state index in [0.717, 1.165) is 17.7 Å². The minimum atomic E-state index is -0.968. The third-order valence-electron chi connectivity index (χ3n) is 3.97. The van der Waals surface area contributed by atoms with Crippen molar-refractivity contribution in [3.63, 3.8) is 0 Å². The van der Waals surface area contributed by atoms with Gasteiger partial charge in [-0.05, 0) is 42.0 Å². The third-order valence-corrected chi connectivity index (χ3v) is 3.97. The van der Waals surface area contributed by atoms with Gasteiger partial charge in [-0.15, -0.1) is 0 Å². The number of ether oxygens (including phenoxy) is 1. The van der Waals surface area contributed by atoms with E-state index in [9.17, 15) is 13.2 Å². The third kappa shape index (κ3) is 3.85. The maximum Gasteiger partial charge on any atom is 0.219 e. The molecule has 0 aliphatic carbocycles. The summed E-state index contributed by atoms with van der Waals surface area (Å²) in [6.07, 6.45) is 2.85. The summed E-state index contributed by atoms with van der Waals surface area (Å²) < 4.78 is 45.5. The molecule has 0 saturated carbocycles. The summed E-state index contributed by atoms with van der Waals surface area (Å²) in [4.78, 5) is 12.2. The summed E-state index contributed by atoms with van der Waals surface area (Å²) in [6, 6.07) is 11.2. The van der Waals surface area contributed by atoms with E-state index in [2.05, 4.69) is 20.3 Å². The number of fused-ring (bicyclic) bond motifs is 1. The Bertz CT molecular complexity index is 1140. The maximum atomic E-state index is 13.6. The molecule has 4 aromatic rings. The van der Waals surface area contributed by atoms with Crippen molar-refractivity contribution >= 4 is 16.7 Å². The lowest BCUT2D eigenvalue weighted by atomic mass is 10.2. The molecule has 0 radical (unpaired) electrons. The van der Waals surface area contributed by atoms with Gasteiger partial charge in [0.05, 0.1) is 5.52 Å². The van der Waals surface area contributed by atoms with Crippen LogP contribution >= 0.6 is 0 Å². The lowest BCUT2D eigenvalue weighted by Crippen LogP contribution is -2.03. The first-order chi connectivity index (χ1) is 13.6. The minimum absolute atomic E-state index is 0.298. The molecule has 0 atom stereocenters. The number of hydrogen-bond donors (Lipinski definition) is 1. The molecule has 0 fully saturated rings. The van der Waals surface area contributed by atoms with E-state index < -0.39 is 11.6 Å². The second-order valence-electron chi connectivity index (χ2n) is 5.92. The summed E-state index contributed by atoms with van der Waals surface area (Å²) >= 11 is 0. The fourth-order valence-electron chi connectivity index (χ4n) is 2.62. The molecular weight excluding hydrogens is 369 g/mol. The quantitative estimate of drug-likeness (QED) is 0.535. The van der Waals surface area contributed by atoms with Crippen molar-refractivity contribution in [3.8, 4) is 11.6 Å². The molecule has 0 aliphatic heterocycles. The van der Waals surface area contributed by atoms with Crippen molar-refractivity contribution in [1.29, 1.82) is 0 Å². The van der Waals surface area contributed by atoms with Crippen LogP contribution in [-0.4, -0.2) is 15.0 Å². The number of nitrogens with one attached hydrogen (secondary N) is 1. The average Bonchev–Trinajstić information content (AvgIpc) is 2.69. The molecule has 2 heterocycles. The van der Waals surface area contributed by atoms with Crippen LogP contribution in [0.25, 0.3) is 10.9 Å². The Morgan fingerprint density at radius 3 is 2.46 bits per heavy atom. The van der Waals surface area contributed by atoms with Gasteiger partial charge in [0.25, 0.3) is 0 Å². The Labute approximate surface area is 157 Å². The molecule has 28 heavy (non-hydrogen) atoms. The van der Waals surface area contributed by atoms with Crippen LogP contribution in [0.3, 0.4) is 0 Å². The Morgan fingerprint density at radius 2 is 1.64 bits per heavy atom. The zero-order valence-electron chi connectivity index (χ0n) is 14.4. The zero-order valence-corrected chi connectivity index (χ0v) is 14.4. The SMILES string of the molecule is Fc1ccc(Oc2cc(CNc3ncnc4cc(F)c(F)cc34)ccn2)cc1. The van der Waals surface area contributed by atoms with Crippen molar-refractivity contribution < 1.29 is 17.9 Å². The molecule has 0 unspecified atom stereocenters. The van der Waals surface area contributed by atoms with E-state index in [-0.39, 0.29) is 5.82 Å². The standard InChI is InChI=1S/C20H13F3N4O/c21-13-1-3-14(4-2-13)28-19-7-12(5-6-24-19)10-25-20-15-8-16(22)17(23)9-18(15)26-11-27-20/h1-9,11H,10H2,(H,25,26,27). The van der Waals surface area contributed by atoms with Crippen LogP contribution in [0.1, 0.15) is 5.56 Å². The van der Waals surface area contributed by atoms with Crippen LogP contribution in [0.15, 0.2) is 61.1 Å². The highest BCUT2D eigenvalue weighted by Crippen LogP contribution is 2.24. The molecule has 1 N–H and O–H groups in total. The molecule has 0 spiro atoms. The molecule has 5 nitrogen and oxygen atoms in total. The number of nitrogens with zero attached hydrogens (tertiary/aromatic N) is 3. The van der Waals surface area contributed by atoms with Crippen LogP contribution in [0.5, 0.6) is 11.6 Å². The van der Waals surface area contributed by atoms with E-state index in [1.54, 1.807) is 18.3 Å². The van der Waals surface area contributed by atoms with E-state index in [1.165, 1.54) is 30.6 Å². The van der Waals surface area contributed by atoms with Gasteiger partial charge < -0.3 is 10.1 Å². The molecule has 2 aromatic carbocycles. The van der Waals surface area contributed by atoms with E-state index in [4.69, 9.17) is 4.74 Å². The van der Waals surface area contributed by atoms with Crippen LogP contribution in [0.2, 0.25) is 0 Å². The highest BCUT2D eigenvalue weighted by molar-refractivity contribution is 5.88. The summed E-state index contributed by atoms with van der Waals surface area (Å²) in [5.74, 6) is -1.11. The Morgan fingerprint density at radius 1 is 0.857 bits per heavy atom. The Kier molecular flexibility index (Phi) is 4.76. The molecule has 0 bridgehead atoms. The smallest absolute Gasteiger partial charge is 0.219 e. The van der Waals surface area contributed by atoms with Crippen LogP contribution in [0.4, 0.5) is 19.0 Å². The van der Waals surface area contributed by atoms with Gasteiger partial charge >= 0.3 is 0 Å². The first-order valence-electron chi connectivity index (χ1n) is 8.30. The number of anilines is 1. The highest BCUT2D eigenvalue weighted by atomic mass is 19.2. The van der Waals surface area contributed by atoms with Crippen molar-refractivity contribution in [1.82, 2.24) is 15.0 Å².